The minimum atomic E-state index is 0.0453. The molecule has 1 N–H and O–H groups in total. The summed E-state index contributed by atoms with van der Waals surface area (Å²) in [6.45, 7) is 5.41. The van der Waals surface area contributed by atoms with E-state index in [1.165, 1.54) is 0 Å². The van der Waals surface area contributed by atoms with Crippen molar-refractivity contribution in [2.45, 2.75) is 32.4 Å². The summed E-state index contributed by atoms with van der Waals surface area (Å²) >= 11 is 1.57. The van der Waals surface area contributed by atoms with E-state index in [0.717, 1.165) is 35.1 Å². The summed E-state index contributed by atoms with van der Waals surface area (Å²) in [5.74, 6) is 0.0453. The molecule has 0 spiro atoms. The summed E-state index contributed by atoms with van der Waals surface area (Å²) in [5, 5.41) is 12.9. The van der Waals surface area contributed by atoms with E-state index < -0.39 is 0 Å². The Hall–Kier alpha value is -1.77. The largest absolute Gasteiger partial charge is 0.472 e. The van der Waals surface area contributed by atoms with Gasteiger partial charge < -0.3 is 14.5 Å². The van der Waals surface area contributed by atoms with Crippen LogP contribution in [0, 0.1) is 6.92 Å². The van der Waals surface area contributed by atoms with Crippen LogP contribution in [0.2, 0.25) is 0 Å². The van der Waals surface area contributed by atoms with Crippen molar-refractivity contribution < 1.29 is 13.9 Å². The molecule has 1 aliphatic rings. The molecule has 0 aliphatic carbocycles. The third kappa shape index (κ3) is 4.86. The number of aromatic nitrogens is 2. The van der Waals surface area contributed by atoms with Gasteiger partial charge in [-0.05, 0) is 13.0 Å². The van der Waals surface area contributed by atoms with Crippen molar-refractivity contribution in [2.24, 2.45) is 0 Å². The van der Waals surface area contributed by atoms with Gasteiger partial charge >= 0.3 is 0 Å². The topological polar surface area (TPSA) is 80.5 Å². The summed E-state index contributed by atoms with van der Waals surface area (Å²) in [6, 6.07) is 2.05. The van der Waals surface area contributed by atoms with Gasteiger partial charge in [0, 0.05) is 44.1 Å². The zero-order valence-corrected chi connectivity index (χ0v) is 14.6. The first kappa shape index (κ1) is 17.1. The molecule has 24 heavy (non-hydrogen) atoms. The van der Waals surface area contributed by atoms with E-state index in [1.54, 1.807) is 23.9 Å². The normalized spacial score (nSPS) is 18.6. The molecule has 2 aromatic heterocycles. The highest BCUT2D eigenvalue weighted by Crippen LogP contribution is 2.15. The highest BCUT2D eigenvalue weighted by Gasteiger charge is 2.25. The van der Waals surface area contributed by atoms with Crippen molar-refractivity contribution >= 4 is 17.2 Å². The van der Waals surface area contributed by atoms with Crippen LogP contribution in [0.1, 0.15) is 22.0 Å². The first-order valence-corrected chi connectivity index (χ1v) is 8.91. The summed E-state index contributed by atoms with van der Waals surface area (Å²) in [5.41, 5.74) is 1.12. The molecule has 1 atom stereocenters. The number of hydrogen-bond acceptors (Lipinski definition) is 7. The molecule has 3 rings (SSSR count). The maximum absolute atomic E-state index is 12.2. The highest BCUT2D eigenvalue weighted by molar-refractivity contribution is 7.11. The Morgan fingerprint density at radius 3 is 3.17 bits per heavy atom. The van der Waals surface area contributed by atoms with Crippen molar-refractivity contribution in [3.05, 3.63) is 34.2 Å². The summed E-state index contributed by atoms with van der Waals surface area (Å²) in [7, 11) is 0. The van der Waals surface area contributed by atoms with Gasteiger partial charge in [-0.25, -0.2) is 0 Å². The first-order chi connectivity index (χ1) is 11.7. The van der Waals surface area contributed by atoms with Gasteiger partial charge in [-0.2, -0.15) is 0 Å². The van der Waals surface area contributed by atoms with Crippen LogP contribution in [0.15, 0.2) is 23.0 Å². The Kier molecular flexibility index (Phi) is 5.95. The molecule has 0 bridgehead atoms. The van der Waals surface area contributed by atoms with Crippen LogP contribution in [0.4, 0.5) is 0 Å². The molecule has 3 heterocycles. The third-order valence-corrected chi connectivity index (χ3v) is 4.86. The standard InChI is InChI=1S/C16H22N4O3S/c1-12-18-19-16(24-12)2-4-17-15(21)8-14-11-23-7-5-20(14)9-13-3-6-22-10-13/h3,6,10,14H,2,4-5,7-9,11H2,1H3,(H,17,21)/t14-/m1/s1. The van der Waals surface area contributed by atoms with E-state index >= 15 is 0 Å². The minimum absolute atomic E-state index is 0.0453. The zero-order chi connectivity index (χ0) is 16.8. The van der Waals surface area contributed by atoms with Crippen molar-refractivity contribution in [1.82, 2.24) is 20.4 Å². The molecule has 130 valence electrons. The van der Waals surface area contributed by atoms with Crippen LogP contribution in [0.3, 0.4) is 0 Å². The fraction of sp³-hybridized carbons (Fsp3) is 0.562. The van der Waals surface area contributed by atoms with E-state index in [1.807, 2.05) is 13.0 Å². The molecule has 2 aromatic rings. The Morgan fingerprint density at radius 2 is 2.42 bits per heavy atom. The lowest BCUT2D eigenvalue weighted by molar-refractivity contribution is -0.124. The summed E-state index contributed by atoms with van der Waals surface area (Å²) in [4.78, 5) is 14.5. The Balaban J connectivity index is 1.44. The van der Waals surface area contributed by atoms with Gasteiger partial charge in [-0.3, -0.25) is 9.69 Å². The predicted octanol–water partition coefficient (Wildman–Crippen LogP) is 1.39. The van der Waals surface area contributed by atoms with Crippen LogP contribution < -0.4 is 5.32 Å². The second kappa shape index (κ2) is 8.36. The van der Waals surface area contributed by atoms with Gasteiger partial charge in [0.15, 0.2) is 0 Å². The van der Waals surface area contributed by atoms with Gasteiger partial charge in [0.25, 0.3) is 0 Å². The number of morpholine rings is 1. The maximum Gasteiger partial charge on any atom is 0.221 e. The number of ether oxygens (including phenoxy) is 1. The van der Waals surface area contributed by atoms with Crippen molar-refractivity contribution in [3.63, 3.8) is 0 Å². The monoisotopic (exact) mass is 350 g/mol. The quantitative estimate of drug-likeness (QED) is 0.813. The highest BCUT2D eigenvalue weighted by atomic mass is 32.1. The summed E-state index contributed by atoms with van der Waals surface area (Å²) < 4.78 is 10.7. The van der Waals surface area contributed by atoms with E-state index in [2.05, 4.69) is 20.4 Å². The number of aryl methyl sites for hydroxylation is 1. The number of nitrogens with zero attached hydrogens (tertiary/aromatic N) is 3. The molecule has 7 nitrogen and oxygen atoms in total. The lowest BCUT2D eigenvalue weighted by Crippen LogP contribution is -2.47. The van der Waals surface area contributed by atoms with Crippen LogP contribution in [-0.2, 0) is 22.5 Å². The van der Waals surface area contributed by atoms with Gasteiger partial charge in [0.2, 0.25) is 5.91 Å². The molecule has 0 saturated carbocycles. The molecular weight excluding hydrogens is 328 g/mol. The third-order valence-electron chi connectivity index (χ3n) is 3.97. The van der Waals surface area contributed by atoms with E-state index in [9.17, 15) is 4.79 Å². The van der Waals surface area contributed by atoms with Crippen LogP contribution in [-0.4, -0.2) is 53.3 Å². The number of hydrogen-bond donors (Lipinski definition) is 1. The van der Waals surface area contributed by atoms with Crippen molar-refractivity contribution in [3.8, 4) is 0 Å². The van der Waals surface area contributed by atoms with Crippen molar-refractivity contribution in [1.29, 1.82) is 0 Å². The van der Waals surface area contributed by atoms with Gasteiger partial charge in [-0.1, -0.05) is 0 Å². The first-order valence-electron chi connectivity index (χ1n) is 8.09. The number of amides is 1. The number of furan rings is 1. The average Bonchev–Trinajstić information content (AvgIpc) is 3.21. The van der Waals surface area contributed by atoms with Crippen molar-refractivity contribution in [2.75, 3.05) is 26.3 Å². The molecule has 0 unspecified atom stereocenters. The Bertz CT molecular complexity index is 644. The number of nitrogens with one attached hydrogen (secondary N) is 1. The van der Waals surface area contributed by atoms with E-state index in [4.69, 9.17) is 9.15 Å². The van der Waals surface area contributed by atoms with Crippen LogP contribution in [0.25, 0.3) is 0 Å². The van der Waals surface area contributed by atoms with Crippen LogP contribution >= 0.6 is 11.3 Å². The molecule has 1 saturated heterocycles. The molecule has 0 aromatic carbocycles. The van der Waals surface area contributed by atoms with Crippen LogP contribution in [0.5, 0.6) is 0 Å². The second-order valence-corrected chi connectivity index (χ2v) is 7.12. The fourth-order valence-corrected chi connectivity index (χ4v) is 3.44. The van der Waals surface area contributed by atoms with E-state index in [0.29, 0.717) is 26.2 Å². The molecule has 1 fully saturated rings. The van der Waals surface area contributed by atoms with Gasteiger partial charge in [0.05, 0.1) is 25.7 Å². The average molecular weight is 350 g/mol. The smallest absolute Gasteiger partial charge is 0.221 e. The van der Waals surface area contributed by atoms with E-state index in [-0.39, 0.29) is 11.9 Å². The van der Waals surface area contributed by atoms with Gasteiger partial charge in [-0.15, -0.1) is 21.5 Å². The second-order valence-electron chi connectivity index (χ2n) is 5.85. The minimum Gasteiger partial charge on any atom is -0.472 e. The molecule has 0 radical (unpaired) electrons. The molecule has 8 heteroatoms. The lowest BCUT2D eigenvalue weighted by Gasteiger charge is -2.34. The van der Waals surface area contributed by atoms with Gasteiger partial charge in [0.1, 0.15) is 10.0 Å². The number of carbonyl (C=O) groups excluding carboxylic acids is 1. The molecule has 1 aliphatic heterocycles. The SMILES string of the molecule is Cc1nnc(CCNC(=O)C[C@@H]2COCCN2Cc2ccoc2)s1. The Labute approximate surface area is 145 Å². The molecule has 1 amide bonds. The zero-order valence-electron chi connectivity index (χ0n) is 13.7. The Morgan fingerprint density at radius 1 is 1.50 bits per heavy atom. The fourth-order valence-electron chi connectivity index (χ4n) is 2.74. The number of rotatable bonds is 7. The molecular formula is C16H22N4O3S. The predicted molar refractivity (Wildman–Crippen MR) is 89.7 cm³/mol. The maximum atomic E-state index is 12.2. The summed E-state index contributed by atoms with van der Waals surface area (Å²) in [6.07, 6.45) is 4.58. The lowest BCUT2D eigenvalue weighted by atomic mass is 10.1. The number of carbonyl (C=O) groups is 1.